The van der Waals surface area contributed by atoms with Crippen molar-refractivity contribution in [2.75, 3.05) is 29.4 Å². The van der Waals surface area contributed by atoms with E-state index in [1.54, 1.807) is 12.1 Å². The molecule has 1 atom stereocenters. The third kappa shape index (κ3) is 4.19. The highest BCUT2D eigenvalue weighted by molar-refractivity contribution is 7.92. The predicted octanol–water partition coefficient (Wildman–Crippen LogP) is 1.22. The minimum absolute atomic E-state index is 0.451. The van der Waals surface area contributed by atoms with Crippen LogP contribution in [-0.2, 0) is 10.0 Å². The van der Waals surface area contributed by atoms with Crippen LogP contribution in [0.15, 0.2) is 24.3 Å². The van der Waals surface area contributed by atoms with Crippen LogP contribution in [0.4, 0.5) is 11.4 Å². The molecule has 0 amide bonds. The number of hydrogen-bond donors (Lipinski definition) is 3. The Morgan fingerprint density at radius 1 is 1.22 bits per heavy atom. The van der Waals surface area contributed by atoms with E-state index >= 15 is 0 Å². The molecule has 6 heteroatoms. The number of anilines is 2. The third-order valence-electron chi connectivity index (χ3n) is 2.86. The average Bonchev–Trinajstić information content (AvgIpc) is 2.31. The Labute approximate surface area is 108 Å². The van der Waals surface area contributed by atoms with Crippen LogP contribution in [0, 0.1) is 0 Å². The number of piperidine rings is 1. The lowest BCUT2D eigenvalue weighted by molar-refractivity contribution is 0.480. The van der Waals surface area contributed by atoms with Crippen LogP contribution in [0.2, 0.25) is 0 Å². The Hall–Kier alpha value is -1.27. The lowest BCUT2D eigenvalue weighted by Crippen LogP contribution is -2.38. The summed E-state index contributed by atoms with van der Waals surface area (Å²) in [6, 6.07) is 7.76. The number of rotatable bonds is 4. The smallest absolute Gasteiger partial charge is 0.229 e. The van der Waals surface area contributed by atoms with Crippen LogP contribution in [0.3, 0.4) is 0 Å². The summed E-state index contributed by atoms with van der Waals surface area (Å²) in [6.07, 6.45) is 3.49. The molecule has 1 heterocycles. The van der Waals surface area contributed by atoms with Gasteiger partial charge in [0.1, 0.15) is 0 Å². The summed E-state index contributed by atoms with van der Waals surface area (Å²) in [5.74, 6) is 0. The van der Waals surface area contributed by atoms with Gasteiger partial charge in [-0.3, -0.25) is 4.72 Å². The summed E-state index contributed by atoms with van der Waals surface area (Å²) in [6.45, 7) is 2.07. The van der Waals surface area contributed by atoms with Crippen molar-refractivity contribution in [3.05, 3.63) is 24.3 Å². The van der Waals surface area contributed by atoms with E-state index in [0.717, 1.165) is 31.5 Å². The SMILES string of the molecule is CS(=O)(=O)Nc1ccc(NC2CCCNC2)cc1. The maximum Gasteiger partial charge on any atom is 0.229 e. The fourth-order valence-electron chi connectivity index (χ4n) is 2.06. The zero-order chi connectivity index (χ0) is 13.0. The molecule has 3 N–H and O–H groups in total. The molecule has 1 aromatic carbocycles. The van der Waals surface area contributed by atoms with E-state index in [1.807, 2.05) is 12.1 Å². The molecule has 18 heavy (non-hydrogen) atoms. The first-order valence-corrected chi connectivity index (χ1v) is 7.97. The van der Waals surface area contributed by atoms with Gasteiger partial charge in [-0.05, 0) is 43.7 Å². The molecule has 0 radical (unpaired) electrons. The molecule has 100 valence electrons. The Morgan fingerprint density at radius 3 is 2.44 bits per heavy atom. The molecule has 5 nitrogen and oxygen atoms in total. The fourth-order valence-corrected chi connectivity index (χ4v) is 2.62. The van der Waals surface area contributed by atoms with E-state index in [9.17, 15) is 8.42 Å². The second-order valence-corrected chi connectivity index (χ2v) is 6.39. The Bertz CT molecular complexity index is 479. The molecule has 1 unspecified atom stereocenters. The maximum absolute atomic E-state index is 11.1. The number of nitrogens with one attached hydrogen (secondary N) is 3. The van der Waals surface area contributed by atoms with Crippen LogP contribution >= 0.6 is 0 Å². The monoisotopic (exact) mass is 269 g/mol. The van der Waals surface area contributed by atoms with E-state index in [-0.39, 0.29) is 0 Å². The average molecular weight is 269 g/mol. The van der Waals surface area contributed by atoms with Crippen molar-refractivity contribution in [1.29, 1.82) is 0 Å². The number of benzene rings is 1. The second kappa shape index (κ2) is 5.58. The summed E-state index contributed by atoms with van der Waals surface area (Å²) < 4.78 is 24.6. The molecule has 1 fully saturated rings. The van der Waals surface area contributed by atoms with Gasteiger partial charge in [-0.25, -0.2) is 8.42 Å². The first-order valence-electron chi connectivity index (χ1n) is 6.08. The highest BCUT2D eigenvalue weighted by Gasteiger charge is 2.12. The highest BCUT2D eigenvalue weighted by Crippen LogP contribution is 2.16. The normalized spacial score (nSPS) is 20.4. The molecule has 1 aliphatic heterocycles. The van der Waals surface area contributed by atoms with E-state index < -0.39 is 10.0 Å². The van der Waals surface area contributed by atoms with Gasteiger partial charge >= 0.3 is 0 Å². The number of sulfonamides is 1. The summed E-state index contributed by atoms with van der Waals surface area (Å²) in [4.78, 5) is 0. The minimum Gasteiger partial charge on any atom is -0.381 e. The van der Waals surface area contributed by atoms with Gasteiger partial charge in [0.05, 0.1) is 6.26 Å². The lowest BCUT2D eigenvalue weighted by Gasteiger charge is -2.24. The molecular weight excluding hydrogens is 250 g/mol. The van der Waals surface area contributed by atoms with Crippen LogP contribution in [-0.4, -0.2) is 33.8 Å². The van der Waals surface area contributed by atoms with Crippen molar-refractivity contribution >= 4 is 21.4 Å². The summed E-state index contributed by atoms with van der Waals surface area (Å²) in [5, 5.41) is 6.77. The summed E-state index contributed by atoms with van der Waals surface area (Å²) in [7, 11) is -3.20. The van der Waals surface area contributed by atoms with Gasteiger partial charge < -0.3 is 10.6 Å². The van der Waals surface area contributed by atoms with Crippen molar-refractivity contribution in [1.82, 2.24) is 5.32 Å². The van der Waals surface area contributed by atoms with E-state index in [2.05, 4.69) is 15.4 Å². The molecule has 0 aromatic heterocycles. The van der Waals surface area contributed by atoms with Crippen LogP contribution in [0.5, 0.6) is 0 Å². The Morgan fingerprint density at radius 2 is 1.89 bits per heavy atom. The van der Waals surface area contributed by atoms with E-state index in [1.165, 1.54) is 6.42 Å². The molecule has 0 spiro atoms. The highest BCUT2D eigenvalue weighted by atomic mass is 32.2. The largest absolute Gasteiger partial charge is 0.381 e. The van der Waals surface area contributed by atoms with Crippen molar-refractivity contribution < 1.29 is 8.42 Å². The van der Waals surface area contributed by atoms with Gasteiger partial charge in [-0.2, -0.15) is 0 Å². The Balaban J connectivity index is 1.94. The molecule has 1 aliphatic rings. The molecule has 0 bridgehead atoms. The van der Waals surface area contributed by atoms with Gasteiger partial charge in [0.2, 0.25) is 10.0 Å². The van der Waals surface area contributed by atoms with Gasteiger partial charge in [-0.15, -0.1) is 0 Å². The van der Waals surface area contributed by atoms with Crippen molar-refractivity contribution in [2.24, 2.45) is 0 Å². The summed E-state index contributed by atoms with van der Waals surface area (Å²) in [5.41, 5.74) is 1.60. The van der Waals surface area contributed by atoms with Crippen molar-refractivity contribution in [2.45, 2.75) is 18.9 Å². The minimum atomic E-state index is -3.20. The van der Waals surface area contributed by atoms with Gasteiger partial charge in [0.25, 0.3) is 0 Å². The van der Waals surface area contributed by atoms with Gasteiger partial charge in [0, 0.05) is 24.0 Å². The lowest BCUT2D eigenvalue weighted by atomic mass is 10.1. The third-order valence-corrected chi connectivity index (χ3v) is 3.46. The van der Waals surface area contributed by atoms with Crippen LogP contribution < -0.4 is 15.4 Å². The van der Waals surface area contributed by atoms with E-state index in [0.29, 0.717) is 11.7 Å². The molecular formula is C12H19N3O2S. The van der Waals surface area contributed by atoms with Crippen molar-refractivity contribution in [3.63, 3.8) is 0 Å². The van der Waals surface area contributed by atoms with Gasteiger partial charge in [-0.1, -0.05) is 0 Å². The molecule has 0 saturated carbocycles. The predicted molar refractivity (Wildman–Crippen MR) is 74.4 cm³/mol. The van der Waals surface area contributed by atoms with Crippen LogP contribution in [0.25, 0.3) is 0 Å². The molecule has 1 saturated heterocycles. The standard InChI is InChI=1S/C12H19N3O2S/c1-18(16,17)15-11-6-4-10(5-7-11)14-12-3-2-8-13-9-12/h4-7,12-15H,2-3,8-9H2,1H3. The van der Waals surface area contributed by atoms with Gasteiger partial charge in [0.15, 0.2) is 0 Å². The first-order chi connectivity index (χ1) is 8.53. The topological polar surface area (TPSA) is 70.2 Å². The molecule has 0 aliphatic carbocycles. The molecule has 2 rings (SSSR count). The Kier molecular flexibility index (Phi) is 4.08. The quantitative estimate of drug-likeness (QED) is 0.768. The summed E-state index contributed by atoms with van der Waals surface area (Å²) >= 11 is 0. The van der Waals surface area contributed by atoms with Crippen molar-refractivity contribution in [3.8, 4) is 0 Å². The zero-order valence-electron chi connectivity index (χ0n) is 10.4. The number of hydrogen-bond acceptors (Lipinski definition) is 4. The first kappa shape index (κ1) is 13.2. The fraction of sp³-hybridized carbons (Fsp3) is 0.500. The van der Waals surface area contributed by atoms with Crippen LogP contribution in [0.1, 0.15) is 12.8 Å². The maximum atomic E-state index is 11.1. The molecule has 1 aromatic rings. The zero-order valence-corrected chi connectivity index (χ0v) is 11.3. The van der Waals surface area contributed by atoms with E-state index in [4.69, 9.17) is 0 Å². The second-order valence-electron chi connectivity index (χ2n) is 4.64.